The maximum atomic E-state index is 11.9. The third kappa shape index (κ3) is 3.41. The molecule has 102 valence electrons. The van der Waals surface area contributed by atoms with Crippen LogP contribution in [0.3, 0.4) is 0 Å². The van der Waals surface area contributed by atoms with E-state index in [1.54, 1.807) is 11.5 Å². The van der Waals surface area contributed by atoms with Crippen molar-refractivity contribution in [3.8, 4) is 0 Å². The van der Waals surface area contributed by atoms with E-state index in [2.05, 4.69) is 17.2 Å². The van der Waals surface area contributed by atoms with Gasteiger partial charge < -0.3 is 14.6 Å². The zero-order valence-corrected chi connectivity index (χ0v) is 12.3. The number of hydrogen-bond donors (Lipinski definition) is 1. The number of imidazole rings is 1. The Morgan fingerprint density at radius 3 is 2.78 bits per heavy atom. The highest BCUT2D eigenvalue weighted by Crippen LogP contribution is 2.23. The zero-order chi connectivity index (χ0) is 13.5. The van der Waals surface area contributed by atoms with Crippen molar-refractivity contribution in [1.82, 2.24) is 9.55 Å². The van der Waals surface area contributed by atoms with E-state index in [1.165, 1.54) is 11.8 Å². The van der Waals surface area contributed by atoms with Crippen LogP contribution >= 0.6 is 11.8 Å². The molecule has 6 heteroatoms. The molecule has 0 bridgehead atoms. The van der Waals surface area contributed by atoms with E-state index < -0.39 is 0 Å². The third-order valence-corrected chi connectivity index (χ3v) is 3.26. The van der Waals surface area contributed by atoms with Gasteiger partial charge in [0, 0.05) is 13.6 Å². The van der Waals surface area contributed by atoms with Crippen LogP contribution in [0.15, 0.2) is 5.16 Å². The van der Waals surface area contributed by atoms with E-state index in [1.807, 2.05) is 13.3 Å². The van der Waals surface area contributed by atoms with E-state index in [4.69, 9.17) is 4.74 Å². The van der Waals surface area contributed by atoms with Gasteiger partial charge in [0.1, 0.15) is 0 Å². The fraction of sp³-hybridized carbons (Fsp3) is 0.667. The molecule has 1 aromatic rings. The summed E-state index contributed by atoms with van der Waals surface area (Å²) in [6.07, 6.45) is 4.09. The number of nitrogens with one attached hydrogen (secondary N) is 1. The second-order valence-electron chi connectivity index (χ2n) is 3.86. The maximum Gasteiger partial charge on any atom is 0.358 e. The Kier molecular flexibility index (Phi) is 6.04. The Morgan fingerprint density at radius 2 is 2.22 bits per heavy atom. The van der Waals surface area contributed by atoms with Crippen molar-refractivity contribution < 1.29 is 9.53 Å². The fourth-order valence-electron chi connectivity index (χ4n) is 1.60. The van der Waals surface area contributed by atoms with Gasteiger partial charge >= 0.3 is 5.97 Å². The molecule has 0 radical (unpaired) electrons. The smallest absolute Gasteiger partial charge is 0.358 e. The van der Waals surface area contributed by atoms with Crippen LogP contribution in [0.5, 0.6) is 0 Å². The average Bonchev–Trinajstić information content (AvgIpc) is 2.66. The Hall–Kier alpha value is -1.17. The first-order valence-electron chi connectivity index (χ1n) is 6.17. The molecule has 1 aromatic heterocycles. The monoisotopic (exact) mass is 271 g/mol. The van der Waals surface area contributed by atoms with E-state index in [9.17, 15) is 4.79 Å². The Bertz CT molecular complexity index is 404. The molecule has 0 fully saturated rings. The van der Waals surface area contributed by atoms with Crippen LogP contribution < -0.4 is 5.32 Å². The lowest BCUT2D eigenvalue weighted by Gasteiger charge is -2.07. The highest BCUT2D eigenvalue weighted by Gasteiger charge is 2.21. The topological polar surface area (TPSA) is 56.2 Å². The zero-order valence-electron chi connectivity index (χ0n) is 11.4. The summed E-state index contributed by atoms with van der Waals surface area (Å²) in [5, 5.41) is 4.01. The molecule has 0 saturated carbocycles. The van der Waals surface area contributed by atoms with Crippen LogP contribution in [0.2, 0.25) is 0 Å². The SMILES string of the molecule is CCCCNc1nc(SC)n(C)c1C(=O)OCC. The van der Waals surface area contributed by atoms with Gasteiger partial charge in [-0.25, -0.2) is 9.78 Å². The van der Waals surface area contributed by atoms with Crippen molar-refractivity contribution in [2.75, 3.05) is 24.7 Å². The first-order chi connectivity index (χ1) is 8.65. The van der Waals surface area contributed by atoms with Gasteiger partial charge in [-0.3, -0.25) is 0 Å². The van der Waals surface area contributed by atoms with Crippen LogP contribution in [0.25, 0.3) is 0 Å². The van der Waals surface area contributed by atoms with Crippen LogP contribution in [0, 0.1) is 0 Å². The summed E-state index contributed by atoms with van der Waals surface area (Å²) in [6, 6.07) is 0. The summed E-state index contributed by atoms with van der Waals surface area (Å²) in [4.78, 5) is 16.3. The number of ether oxygens (including phenoxy) is 1. The number of carbonyl (C=O) groups is 1. The maximum absolute atomic E-state index is 11.9. The summed E-state index contributed by atoms with van der Waals surface area (Å²) >= 11 is 1.51. The van der Waals surface area contributed by atoms with Crippen molar-refractivity contribution >= 4 is 23.5 Å². The minimum atomic E-state index is -0.327. The number of esters is 1. The first kappa shape index (κ1) is 14.9. The quantitative estimate of drug-likeness (QED) is 0.469. The number of rotatable bonds is 7. The van der Waals surface area contributed by atoms with Crippen LogP contribution in [0.4, 0.5) is 5.82 Å². The van der Waals surface area contributed by atoms with Crippen LogP contribution in [-0.4, -0.2) is 34.9 Å². The van der Waals surface area contributed by atoms with Gasteiger partial charge in [-0.1, -0.05) is 25.1 Å². The molecular formula is C12H21N3O2S. The van der Waals surface area contributed by atoms with Gasteiger partial charge in [-0.2, -0.15) is 0 Å². The molecule has 18 heavy (non-hydrogen) atoms. The van der Waals surface area contributed by atoms with E-state index in [0.717, 1.165) is 24.5 Å². The molecule has 0 aromatic carbocycles. The average molecular weight is 271 g/mol. The van der Waals surface area contributed by atoms with Gasteiger partial charge in [-0.15, -0.1) is 0 Å². The number of hydrogen-bond acceptors (Lipinski definition) is 5. The highest BCUT2D eigenvalue weighted by molar-refractivity contribution is 7.98. The predicted octanol–water partition coefficient (Wildman–Crippen LogP) is 2.53. The third-order valence-electron chi connectivity index (χ3n) is 2.53. The van der Waals surface area contributed by atoms with Gasteiger partial charge in [0.2, 0.25) is 0 Å². The predicted molar refractivity (Wildman–Crippen MR) is 74.3 cm³/mol. The number of anilines is 1. The fourth-order valence-corrected chi connectivity index (χ4v) is 2.15. The number of carbonyl (C=O) groups excluding carboxylic acids is 1. The van der Waals surface area contributed by atoms with Crippen LogP contribution in [-0.2, 0) is 11.8 Å². The molecule has 1 N–H and O–H groups in total. The van der Waals surface area contributed by atoms with Gasteiger partial charge in [-0.05, 0) is 19.6 Å². The molecule has 0 saturated heterocycles. The summed E-state index contributed by atoms with van der Waals surface area (Å²) < 4.78 is 6.84. The lowest BCUT2D eigenvalue weighted by atomic mass is 10.3. The Labute approximate surface area is 112 Å². The van der Waals surface area contributed by atoms with Crippen molar-refractivity contribution in [2.45, 2.75) is 31.8 Å². The molecule has 0 aliphatic heterocycles. The van der Waals surface area contributed by atoms with Gasteiger partial charge in [0.15, 0.2) is 16.7 Å². The Balaban J connectivity index is 2.95. The molecule has 0 amide bonds. The van der Waals surface area contributed by atoms with E-state index in [-0.39, 0.29) is 5.97 Å². The second-order valence-corrected chi connectivity index (χ2v) is 4.63. The molecular weight excluding hydrogens is 250 g/mol. The molecule has 0 aliphatic rings. The number of nitrogens with zero attached hydrogens (tertiary/aromatic N) is 2. The number of thioether (sulfide) groups is 1. The number of aromatic nitrogens is 2. The van der Waals surface area contributed by atoms with Crippen molar-refractivity contribution in [1.29, 1.82) is 0 Å². The van der Waals surface area contributed by atoms with Crippen molar-refractivity contribution in [2.24, 2.45) is 7.05 Å². The largest absolute Gasteiger partial charge is 0.461 e. The molecule has 0 spiro atoms. The normalized spacial score (nSPS) is 10.4. The van der Waals surface area contributed by atoms with Crippen molar-refractivity contribution in [3.05, 3.63) is 5.69 Å². The van der Waals surface area contributed by atoms with E-state index in [0.29, 0.717) is 18.1 Å². The molecule has 1 heterocycles. The molecule has 5 nitrogen and oxygen atoms in total. The lowest BCUT2D eigenvalue weighted by Crippen LogP contribution is -2.13. The van der Waals surface area contributed by atoms with Crippen LogP contribution in [0.1, 0.15) is 37.2 Å². The summed E-state index contributed by atoms with van der Waals surface area (Å²) in [6.45, 7) is 5.11. The summed E-state index contributed by atoms with van der Waals surface area (Å²) in [7, 11) is 1.83. The van der Waals surface area contributed by atoms with Crippen molar-refractivity contribution in [3.63, 3.8) is 0 Å². The summed E-state index contributed by atoms with van der Waals surface area (Å²) in [5.74, 6) is 0.292. The number of unbranched alkanes of at least 4 members (excludes halogenated alkanes) is 1. The molecule has 0 unspecified atom stereocenters. The molecule has 1 rings (SSSR count). The van der Waals surface area contributed by atoms with Gasteiger partial charge in [0.25, 0.3) is 0 Å². The lowest BCUT2D eigenvalue weighted by molar-refractivity contribution is 0.0515. The molecule has 0 aliphatic carbocycles. The minimum absolute atomic E-state index is 0.327. The second kappa shape index (κ2) is 7.31. The highest BCUT2D eigenvalue weighted by atomic mass is 32.2. The first-order valence-corrected chi connectivity index (χ1v) is 7.39. The Morgan fingerprint density at radius 1 is 1.50 bits per heavy atom. The van der Waals surface area contributed by atoms with E-state index >= 15 is 0 Å². The minimum Gasteiger partial charge on any atom is -0.461 e. The van der Waals surface area contributed by atoms with Gasteiger partial charge in [0.05, 0.1) is 6.61 Å². The standard InChI is InChI=1S/C12H21N3O2S/c1-5-7-8-13-10-9(11(16)17-6-2)15(3)12(14-10)18-4/h13H,5-8H2,1-4H3. The summed E-state index contributed by atoms with van der Waals surface area (Å²) in [5.41, 5.74) is 0.498. The molecule has 0 atom stereocenters.